The Kier molecular flexibility index (Phi) is 6.26. The molecule has 0 aliphatic heterocycles. The summed E-state index contributed by atoms with van der Waals surface area (Å²) in [5.41, 5.74) is -0.274. The first kappa shape index (κ1) is 18.3. The zero-order valence-electron chi connectivity index (χ0n) is 13.4. The highest BCUT2D eigenvalue weighted by molar-refractivity contribution is 5.74. The summed E-state index contributed by atoms with van der Waals surface area (Å²) in [6, 6.07) is 4.28. The van der Waals surface area contributed by atoms with Gasteiger partial charge in [-0.2, -0.15) is 13.2 Å². The van der Waals surface area contributed by atoms with Crippen LogP contribution < -0.4 is 5.32 Å². The van der Waals surface area contributed by atoms with Crippen LogP contribution in [0.4, 0.5) is 18.0 Å². The van der Waals surface area contributed by atoms with Crippen molar-refractivity contribution in [1.29, 1.82) is 0 Å². The summed E-state index contributed by atoms with van der Waals surface area (Å²) in [6.07, 6.45) is -4.38. The van der Waals surface area contributed by atoms with Gasteiger partial charge in [0.2, 0.25) is 0 Å². The van der Waals surface area contributed by atoms with Crippen LogP contribution in [0.15, 0.2) is 24.3 Å². The first-order valence-corrected chi connectivity index (χ1v) is 7.37. The number of amides is 2. The Morgan fingerprint density at radius 1 is 1.27 bits per heavy atom. The number of hydrogen-bond donors (Lipinski definition) is 1. The standard InChI is InChI=1S/C16H23F3N2O/c1-5-21(10-11(2)3)15(22)20-12(4)13-7-6-8-14(9-13)16(17,18)19/h6-9,11-12H,5,10H2,1-4H3,(H,20,22). The number of nitrogens with one attached hydrogen (secondary N) is 1. The molecule has 1 N–H and O–H groups in total. The van der Waals surface area contributed by atoms with Gasteiger partial charge in [0, 0.05) is 13.1 Å². The van der Waals surface area contributed by atoms with Gasteiger partial charge in [-0.3, -0.25) is 0 Å². The minimum atomic E-state index is -4.38. The Balaban J connectivity index is 2.80. The fourth-order valence-corrected chi connectivity index (χ4v) is 2.14. The molecule has 124 valence electrons. The lowest BCUT2D eigenvalue weighted by atomic mass is 10.1. The Morgan fingerprint density at radius 2 is 1.91 bits per heavy atom. The lowest BCUT2D eigenvalue weighted by Crippen LogP contribution is -2.42. The molecule has 0 aromatic heterocycles. The van der Waals surface area contributed by atoms with E-state index in [1.807, 2.05) is 20.8 Å². The largest absolute Gasteiger partial charge is 0.416 e. The summed E-state index contributed by atoms with van der Waals surface area (Å²) in [7, 11) is 0. The Hall–Kier alpha value is -1.72. The number of benzene rings is 1. The second-order valence-electron chi connectivity index (χ2n) is 5.73. The second kappa shape index (κ2) is 7.51. The highest BCUT2D eigenvalue weighted by Gasteiger charge is 2.30. The fraction of sp³-hybridized carbons (Fsp3) is 0.562. The number of carbonyl (C=O) groups is 1. The molecule has 1 atom stereocenters. The van der Waals surface area contributed by atoms with E-state index in [1.54, 1.807) is 17.9 Å². The maximum Gasteiger partial charge on any atom is 0.416 e. The second-order valence-corrected chi connectivity index (χ2v) is 5.73. The smallest absolute Gasteiger partial charge is 0.331 e. The minimum absolute atomic E-state index is 0.263. The molecule has 0 heterocycles. The Bertz CT molecular complexity index is 500. The van der Waals surface area contributed by atoms with E-state index in [4.69, 9.17) is 0 Å². The lowest BCUT2D eigenvalue weighted by molar-refractivity contribution is -0.137. The molecule has 6 heteroatoms. The van der Waals surface area contributed by atoms with Gasteiger partial charge in [0.05, 0.1) is 11.6 Å². The van der Waals surface area contributed by atoms with Crippen molar-refractivity contribution in [3.05, 3.63) is 35.4 Å². The third kappa shape index (κ3) is 5.24. The summed E-state index contributed by atoms with van der Waals surface area (Å²) in [5, 5.41) is 2.75. The van der Waals surface area contributed by atoms with Crippen LogP contribution in [-0.4, -0.2) is 24.0 Å². The topological polar surface area (TPSA) is 32.3 Å². The van der Waals surface area contributed by atoms with E-state index in [0.29, 0.717) is 24.6 Å². The van der Waals surface area contributed by atoms with E-state index in [2.05, 4.69) is 5.32 Å². The van der Waals surface area contributed by atoms with Crippen molar-refractivity contribution in [3.8, 4) is 0 Å². The third-order valence-corrected chi connectivity index (χ3v) is 3.31. The van der Waals surface area contributed by atoms with Gasteiger partial charge in [0.1, 0.15) is 0 Å². The maximum atomic E-state index is 12.7. The first-order chi connectivity index (χ1) is 10.1. The number of carbonyl (C=O) groups excluding carboxylic acids is 1. The summed E-state index contributed by atoms with van der Waals surface area (Å²) in [6.45, 7) is 8.73. The summed E-state index contributed by atoms with van der Waals surface area (Å²) < 4.78 is 38.2. The monoisotopic (exact) mass is 316 g/mol. The van der Waals surface area contributed by atoms with Crippen molar-refractivity contribution in [2.45, 2.75) is 39.9 Å². The first-order valence-electron chi connectivity index (χ1n) is 7.37. The molecule has 0 saturated carbocycles. The van der Waals surface area contributed by atoms with Crippen LogP contribution in [0.2, 0.25) is 0 Å². The molecule has 0 spiro atoms. The van der Waals surface area contributed by atoms with Gasteiger partial charge >= 0.3 is 12.2 Å². The van der Waals surface area contributed by atoms with Crippen LogP contribution >= 0.6 is 0 Å². The molecular formula is C16H23F3N2O. The van der Waals surface area contributed by atoms with Crippen LogP contribution in [0.3, 0.4) is 0 Å². The predicted molar refractivity (Wildman–Crippen MR) is 80.5 cm³/mol. The zero-order chi connectivity index (χ0) is 16.9. The Labute approximate surface area is 129 Å². The molecule has 3 nitrogen and oxygen atoms in total. The van der Waals surface area contributed by atoms with Crippen LogP contribution in [0.25, 0.3) is 0 Å². The minimum Gasteiger partial charge on any atom is -0.331 e. The number of alkyl halides is 3. The number of nitrogens with zero attached hydrogens (tertiary/aromatic N) is 1. The van der Waals surface area contributed by atoms with Gasteiger partial charge in [-0.15, -0.1) is 0 Å². The van der Waals surface area contributed by atoms with E-state index in [9.17, 15) is 18.0 Å². The molecular weight excluding hydrogens is 293 g/mol. The van der Waals surface area contributed by atoms with E-state index < -0.39 is 17.8 Å². The van der Waals surface area contributed by atoms with Crippen molar-refractivity contribution in [2.75, 3.05) is 13.1 Å². The average Bonchev–Trinajstić information content (AvgIpc) is 2.43. The fourth-order valence-electron chi connectivity index (χ4n) is 2.14. The van der Waals surface area contributed by atoms with Crippen LogP contribution in [0, 0.1) is 5.92 Å². The normalized spacial score (nSPS) is 13.1. The molecule has 1 rings (SSSR count). The molecule has 1 aromatic rings. The molecule has 0 aliphatic rings. The SMILES string of the molecule is CCN(CC(C)C)C(=O)NC(C)c1cccc(C(F)(F)F)c1. The van der Waals surface area contributed by atoms with Crippen LogP contribution in [-0.2, 0) is 6.18 Å². The van der Waals surface area contributed by atoms with Crippen molar-refractivity contribution >= 4 is 6.03 Å². The Morgan fingerprint density at radius 3 is 2.41 bits per heavy atom. The van der Waals surface area contributed by atoms with Crippen molar-refractivity contribution < 1.29 is 18.0 Å². The molecule has 0 aliphatic carbocycles. The van der Waals surface area contributed by atoms with Gasteiger partial charge in [-0.05, 0) is 37.5 Å². The zero-order valence-corrected chi connectivity index (χ0v) is 13.4. The highest BCUT2D eigenvalue weighted by atomic mass is 19.4. The van der Waals surface area contributed by atoms with Gasteiger partial charge < -0.3 is 10.2 Å². The quantitative estimate of drug-likeness (QED) is 0.855. The van der Waals surface area contributed by atoms with E-state index in [0.717, 1.165) is 12.1 Å². The number of rotatable bonds is 5. The summed E-state index contributed by atoms with van der Waals surface area (Å²) in [5.74, 6) is 0.328. The third-order valence-electron chi connectivity index (χ3n) is 3.31. The molecule has 1 aromatic carbocycles. The summed E-state index contributed by atoms with van der Waals surface area (Å²) >= 11 is 0. The average molecular weight is 316 g/mol. The van der Waals surface area contributed by atoms with Crippen molar-refractivity contribution in [1.82, 2.24) is 10.2 Å². The van der Waals surface area contributed by atoms with Gasteiger partial charge in [-0.1, -0.05) is 26.0 Å². The lowest BCUT2D eigenvalue weighted by Gasteiger charge is -2.26. The number of urea groups is 1. The van der Waals surface area contributed by atoms with Crippen LogP contribution in [0.1, 0.15) is 44.9 Å². The van der Waals surface area contributed by atoms with Crippen molar-refractivity contribution in [2.24, 2.45) is 5.92 Å². The molecule has 22 heavy (non-hydrogen) atoms. The highest BCUT2D eigenvalue weighted by Crippen LogP contribution is 2.30. The molecule has 0 fully saturated rings. The van der Waals surface area contributed by atoms with Gasteiger partial charge in [0.15, 0.2) is 0 Å². The van der Waals surface area contributed by atoms with E-state index >= 15 is 0 Å². The van der Waals surface area contributed by atoms with E-state index in [-0.39, 0.29) is 6.03 Å². The molecule has 0 radical (unpaired) electrons. The van der Waals surface area contributed by atoms with Crippen molar-refractivity contribution in [3.63, 3.8) is 0 Å². The number of hydrogen-bond acceptors (Lipinski definition) is 1. The predicted octanol–water partition coefficient (Wildman–Crippen LogP) is 4.45. The molecule has 0 bridgehead atoms. The maximum absolute atomic E-state index is 12.7. The van der Waals surface area contributed by atoms with Crippen LogP contribution in [0.5, 0.6) is 0 Å². The van der Waals surface area contributed by atoms with Gasteiger partial charge in [-0.25, -0.2) is 4.79 Å². The molecule has 0 saturated heterocycles. The molecule has 2 amide bonds. The van der Waals surface area contributed by atoms with E-state index in [1.165, 1.54) is 6.07 Å². The number of halogens is 3. The summed E-state index contributed by atoms with van der Waals surface area (Å²) in [4.78, 5) is 13.8. The van der Waals surface area contributed by atoms with Gasteiger partial charge in [0.25, 0.3) is 0 Å². The molecule has 1 unspecified atom stereocenters.